The van der Waals surface area contributed by atoms with E-state index in [-0.39, 0.29) is 0 Å². The molecule has 0 heterocycles. The van der Waals surface area contributed by atoms with Crippen LogP contribution in [-0.4, -0.2) is 0 Å². The number of hydrogen-bond acceptors (Lipinski definition) is 0. The van der Waals surface area contributed by atoms with Crippen molar-refractivity contribution in [2.75, 3.05) is 0 Å². The molecule has 2 rings (SSSR count). The second kappa shape index (κ2) is 5.51. The maximum absolute atomic E-state index is 4.03. The van der Waals surface area contributed by atoms with E-state index in [1.165, 1.54) is 17.7 Å². The molecule has 3 heteroatoms. The Morgan fingerprint density at radius 3 is 1.41 bits per heavy atom. The van der Waals surface area contributed by atoms with Crippen molar-refractivity contribution in [3.8, 4) is 0 Å². The Kier molecular flexibility index (Phi) is 4.44. The van der Waals surface area contributed by atoms with E-state index < -0.39 is 15.6 Å². The molecule has 0 unspecified atom stereocenters. The molecule has 0 aromatic heterocycles. The molecule has 0 bridgehead atoms. The Hall–Kier alpha value is 0.283. The summed E-state index contributed by atoms with van der Waals surface area (Å²) in [5.41, 5.74) is 2.72. The van der Waals surface area contributed by atoms with Gasteiger partial charge in [-0.05, 0) is 0 Å². The van der Waals surface area contributed by atoms with Crippen LogP contribution in [0.3, 0.4) is 0 Å². The van der Waals surface area contributed by atoms with Crippen molar-refractivity contribution in [2.45, 2.75) is 13.8 Å². The molecule has 2 aromatic rings. The summed E-state index contributed by atoms with van der Waals surface area (Å²) in [6.45, 7) is 4.36. The molecule has 0 nitrogen and oxygen atoms in total. The number of aryl methyl sites for hydroxylation is 2. The van der Waals surface area contributed by atoms with Crippen molar-refractivity contribution >= 4 is 31.0 Å². The molecule has 0 radical (unpaired) electrons. The normalized spacial score (nSPS) is 11.5. The van der Waals surface area contributed by atoms with E-state index in [4.69, 9.17) is 0 Å². The van der Waals surface area contributed by atoms with Crippen LogP contribution in [0, 0.1) is 13.8 Å². The Morgan fingerprint density at radius 2 is 1.06 bits per heavy atom. The Bertz CT molecular complexity index is 488. The van der Waals surface area contributed by atoms with Gasteiger partial charge < -0.3 is 0 Å². The molecular weight excluding hydrogens is 419 g/mol. The summed E-state index contributed by atoms with van der Waals surface area (Å²) >= 11 is 5.31. The van der Waals surface area contributed by atoms with Gasteiger partial charge in [-0.2, -0.15) is 0 Å². The monoisotopic (exact) mass is 430 g/mol. The fraction of sp³-hybridized carbons (Fsp3) is 0.143. The van der Waals surface area contributed by atoms with E-state index in [0.29, 0.717) is 0 Å². The van der Waals surface area contributed by atoms with Crippen LogP contribution in [0.5, 0.6) is 0 Å². The zero-order valence-electron chi connectivity index (χ0n) is 9.87. The van der Waals surface area contributed by atoms with Crippen LogP contribution >= 0.6 is 24.4 Å². The van der Waals surface area contributed by atoms with Gasteiger partial charge in [0.15, 0.2) is 0 Å². The van der Waals surface area contributed by atoms with Crippen LogP contribution in [0.15, 0.2) is 48.5 Å². The van der Waals surface area contributed by atoms with Gasteiger partial charge in [0, 0.05) is 0 Å². The molecule has 0 N–H and O–H groups in total. The van der Waals surface area contributed by atoms with Gasteiger partial charge in [0.2, 0.25) is 0 Å². The van der Waals surface area contributed by atoms with Crippen molar-refractivity contribution < 1.29 is 15.6 Å². The van der Waals surface area contributed by atoms with Gasteiger partial charge >= 0.3 is 120 Å². The molecule has 88 valence electrons. The van der Waals surface area contributed by atoms with Crippen molar-refractivity contribution in [3.05, 3.63) is 59.7 Å². The summed E-state index contributed by atoms with van der Waals surface area (Å²) < 4.78 is 2.91. The van der Waals surface area contributed by atoms with E-state index in [1.807, 2.05) is 0 Å². The first-order valence-corrected chi connectivity index (χ1v) is 19.2. The first kappa shape index (κ1) is 13.7. The molecule has 0 spiro atoms. The van der Waals surface area contributed by atoms with Crippen LogP contribution in [-0.2, 0) is 15.6 Å². The van der Waals surface area contributed by atoms with Gasteiger partial charge in [0.05, 0.1) is 0 Å². The molecule has 0 aliphatic rings. The van der Waals surface area contributed by atoms with Gasteiger partial charge in [0.1, 0.15) is 0 Å². The summed E-state index contributed by atoms with van der Waals surface area (Å²) in [7, 11) is 0. The standard InChI is InChI=1S/2C7H7.2BrH.Zr/c2*1-7-5-3-2-4-6-7;;;/h2*2-5H,1H3;2*1H;/q;;;;+2/p-2. The third-order valence-electron chi connectivity index (χ3n) is 2.97. The van der Waals surface area contributed by atoms with Crippen LogP contribution < -0.4 is 6.54 Å². The summed E-state index contributed by atoms with van der Waals surface area (Å²) in [5.74, 6) is 0. The molecule has 0 atom stereocenters. The Balaban J connectivity index is 2.58. The molecule has 0 aliphatic heterocycles. The first-order chi connectivity index (χ1) is 8.03. The minimum atomic E-state index is -2.74. The Labute approximate surface area is 119 Å². The van der Waals surface area contributed by atoms with Crippen molar-refractivity contribution in [1.29, 1.82) is 0 Å². The maximum atomic E-state index is 4.03. The van der Waals surface area contributed by atoms with Crippen LogP contribution in [0.2, 0.25) is 0 Å². The number of benzene rings is 2. The van der Waals surface area contributed by atoms with Gasteiger partial charge in [-0.3, -0.25) is 0 Å². The molecule has 0 fully saturated rings. The fourth-order valence-electron chi connectivity index (χ4n) is 2.00. The molecule has 0 saturated heterocycles. The van der Waals surface area contributed by atoms with E-state index in [9.17, 15) is 0 Å². The molecule has 0 amide bonds. The predicted octanol–water partition coefficient (Wildman–Crippen LogP) is 4.03. The summed E-state index contributed by atoms with van der Waals surface area (Å²) in [6.07, 6.45) is 0. The van der Waals surface area contributed by atoms with Gasteiger partial charge in [-0.1, -0.05) is 0 Å². The molecule has 2 aromatic carbocycles. The number of halogens is 2. The molecule has 0 saturated carbocycles. The third-order valence-corrected chi connectivity index (χ3v) is 19.2. The van der Waals surface area contributed by atoms with Crippen molar-refractivity contribution in [1.82, 2.24) is 0 Å². The minimum absolute atomic E-state index is 1.36. The van der Waals surface area contributed by atoms with E-state index in [2.05, 4.69) is 86.8 Å². The van der Waals surface area contributed by atoms with E-state index in [1.54, 1.807) is 0 Å². The second-order valence-corrected chi connectivity index (χ2v) is 30.0. The van der Waals surface area contributed by atoms with Crippen molar-refractivity contribution in [3.63, 3.8) is 0 Å². The molecule has 0 aliphatic carbocycles. The topological polar surface area (TPSA) is 0 Å². The van der Waals surface area contributed by atoms with Crippen LogP contribution in [0.25, 0.3) is 0 Å². The summed E-state index contributed by atoms with van der Waals surface area (Å²) in [4.78, 5) is 0. The summed E-state index contributed by atoms with van der Waals surface area (Å²) in [5, 5.41) is 0. The third kappa shape index (κ3) is 2.83. The molecular formula is C14H14Br2Zr. The Morgan fingerprint density at radius 1 is 0.706 bits per heavy atom. The average Bonchev–Trinajstić information content (AvgIpc) is 2.29. The van der Waals surface area contributed by atoms with Gasteiger partial charge in [-0.15, -0.1) is 0 Å². The van der Waals surface area contributed by atoms with Crippen LogP contribution in [0.1, 0.15) is 11.1 Å². The first-order valence-electron chi connectivity index (χ1n) is 5.53. The number of hydrogen-bond donors (Lipinski definition) is 0. The van der Waals surface area contributed by atoms with E-state index >= 15 is 0 Å². The number of rotatable bonds is 2. The quantitative estimate of drug-likeness (QED) is 0.671. The summed E-state index contributed by atoms with van der Waals surface area (Å²) in [6, 6.07) is 17.3. The fourth-order valence-corrected chi connectivity index (χ4v) is 17.6. The zero-order chi connectivity index (χ0) is 12.5. The SMILES string of the molecule is Cc1cccc[c]1[Zr]([Br])([Br])[c]1ccccc1C. The van der Waals surface area contributed by atoms with Gasteiger partial charge in [-0.25, -0.2) is 0 Å². The van der Waals surface area contributed by atoms with Gasteiger partial charge in [0.25, 0.3) is 0 Å². The van der Waals surface area contributed by atoms with E-state index in [0.717, 1.165) is 0 Å². The predicted molar refractivity (Wildman–Crippen MR) is 79.5 cm³/mol. The second-order valence-electron chi connectivity index (χ2n) is 4.20. The molecule has 17 heavy (non-hydrogen) atoms. The zero-order valence-corrected chi connectivity index (χ0v) is 15.5. The average molecular weight is 433 g/mol. The van der Waals surface area contributed by atoms with Crippen molar-refractivity contribution in [2.24, 2.45) is 0 Å². The van der Waals surface area contributed by atoms with Crippen LogP contribution in [0.4, 0.5) is 0 Å².